The van der Waals surface area contributed by atoms with Crippen LogP contribution in [0.2, 0.25) is 0 Å². The maximum absolute atomic E-state index is 11.1. The molecule has 0 radical (unpaired) electrons. The maximum atomic E-state index is 11.1. The van der Waals surface area contributed by atoms with Crippen LogP contribution in [0, 0.1) is 0 Å². The molecule has 1 aliphatic rings. The fourth-order valence-electron chi connectivity index (χ4n) is 1.81. The summed E-state index contributed by atoms with van der Waals surface area (Å²) in [4.78, 5) is 11.1. The summed E-state index contributed by atoms with van der Waals surface area (Å²) in [6, 6.07) is 7.81. The summed E-state index contributed by atoms with van der Waals surface area (Å²) in [6.45, 7) is 0.482. The average molecular weight is 206 g/mol. The van der Waals surface area contributed by atoms with Crippen molar-refractivity contribution < 1.29 is 9.90 Å². The van der Waals surface area contributed by atoms with E-state index in [0.717, 1.165) is 11.1 Å². The first-order valence-electron chi connectivity index (χ1n) is 5.02. The molecule has 4 nitrogen and oxygen atoms in total. The number of hydrogen-bond donors (Lipinski definition) is 3. The standard InChI is InChI=1S/C11H14N2O2/c14-6-5-8-3-1-2-4-9(8)11-12-7-10(15)13-11/h1-4,11-12,14H,5-7H2,(H,13,15). The third-order valence-corrected chi connectivity index (χ3v) is 2.52. The molecule has 1 atom stereocenters. The molecule has 1 saturated heterocycles. The lowest BCUT2D eigenvalue weighted by Crippen LogP contribution is -2.24. The van der Waals surface area contributed by atoms with E-state index in [2.05, 4.69) is 10.6 Å². The molecular weight excluding hydrogens is 192 g/mol. The first kappa shape index (κ1) is 10.1. The highest BCUT2D eigenvalue weighted by atomic mass is 16.3. The Bertz CT molecular complexity index is 365. The molecule has 1 aromatic rings. The predicted octanol–water partition coefficient (Wildman–Crippen LogP) is -0.0606. The Kier molecular flexibility index (Phi) is 2.99. The normalized spacial score (nSPS) is 20.3. The van der Waals surface area contributed by atoms with Crippen LogP contribution < -0.4 is 10.6 Å². The smallest absolute Gasteiger partial charge is 0.235 e. The summed E-state index contributed by atoms with van der Waals surface area (Å²) in [7, 11) is 0. The minimum Gasteiger partial charge on any atom is -0.396 e. The van der Waals surface area contributed by atoms with Gasteiger partial charge in [-0.05, 0) is 17.5 Å². The van der Waals surface area contributed by atoms with Crippen LogP contribution in [0.3, 0.4) is 0 Å². The minimum absolute atomic E-state index is 0.0128. The second-order valence-corrected chi connectivity index (χ2v) is 3.55. The molecule has 1 heterocycles. The van der Waals surface area contributed by atoms with Crippen LogP contribution in [0.1, 0.15) is 17.3 Å². The minimum atomic E-state index is -0.111. The van der Waals surface area contributed by atoms with Crippen molar-refractivity contribution in [3.63, 3.8) is 0 Å². The van der Waals surface area contributed by atoms with Crippen molar-refractivity contribution in [3.05, 3.63) is 35.4 Å². The van der Waals surface area contributed by atoms with Crippen molar-refractivity contribution in [3.8, 4) is 0 Å². The van der Waals surface area contributed by atoms with Gasteiger partial charge < -0.3 is 10.4 Å². The number of hydrogen-bond acceptors (Lipinski definition) is 3. The van der Waals surface area contributed by atoms with E-state index in [1.807, 2.05) is 24.3 Å². The van der Waals surface area contributed by atoms with Gasteiger partial charge in [-0.3, -0.25) is 10.1 Å². The van der Waals surface area contributed by atoms with Crippen LogP contribution in [0.4, 0.5) is 0 Å². The third kappa shape index (κ3) is 2.16. The van der Waals surface area contributed by atoms with Gasteiger partial charge in [-0.15, -0.1) is 0 Å². The molecule has 1 unspecified atom stereocenters. The molecule has 0 spiro atoms. The largest absolute Gasteiger partial charge is 0.396 e. The second-order valence-electron chi connectivity index (χ2n) is 3.55. The molecular formula is C11H14N2O2. The van der Waals surface area contributed by atoms with E-state index in [1.54, 1.807) is 0 Å². The fourth-order valence-corrected chi connectivity index (χ4v) is 1.81. The zero-order valence-electron chi connectivity index (χ0n) is 8.36. The molecule has 1 amide bonds. The van der Waals surface area contributed by atoms with Gasteiger partial charge in [-0.2, -0.15) is 0 Å². The summed E-state index contributed by atoms with van der Waals surface area (Å²) in [5.41, 5.74) is 2.11. The van der Waals surface area contributed by atoms with Gasteiger partial charge in [0.1, 0.15) is 6.17 Å². The third-order valence-electron chi connectivity index (χ3n) is 2.52. The summed E-state index contributed by atoms with van der Waals surface area (Å²) in [5.74, 6) is 0.0128. The highest BCUT2D eigenvalue weighted by Crippen LogP contribution is 2.18. The summed E-state index contributed by atoms with van der Waals surface area (Å²) in [6.07, 6.45) is 0.504. The van der Waals surface area contributed by atoms with Gasteiger partial charge in [0, 0.05) is 6.61 Å². The van der Waals surface area contributed by atoms with E-state index in [0.29, 0.717) is 13.0 Å². The molecule has 0 aromatic heterocycles. The Labute approximate surface area is 88.3 Å². The summed E-state index contributed by atoms with van der Waals surface area (Å²) in [5, 5.41) is 14.8. The maximum Gasteiger partial charge on any atom is 0.235 e. The van der Waals surface area contributed by atoms with Gasteiger partial charge >= 0.3 is 0 Å². The molecule has 0 saturated carbocycles. The van der Waals surface area contributed by atoms with Gasteiger partial charge in [-0.25, -0.2) is 0 Å². The van der Waals surface area contributed by atoms with Gasteiger partial charge in [0.25, 0.3) is 0 Å². The molecule has 4 heteroatoms. The number of nitrogens with one attached hydrogen (secondary N) is 2. The SMILES string of the molecule is O=C1CNC(c2ccccc2CCO)N1. The number of carbonyl (C=O) groups is 1. The predicted molar refractivity (Wildman–Crippen MR) is 56.1 cm³/mol. The van der Waals surface area contributed by atoms with Gasteiger partial charge in [-0.1, -0.05) is 24.3 Å². The summed E-state index contributed by atoms with van der Waals surface area (Å²) < 4.78 is 0. The average Bonchev–Trinajstić information content (AvgIpc) is 2.66. The highest BCUT2D eigenvalue weighted by Gasteiger charge is 2.22. The summed E-state index contributed by atoms with van der Waals surface area (Å²) >= 11 is 0. The van der Waals surface area contributed by atoms with Crippen LogP contribution in [-0.4, -0.2) is 24.2 Å². The van der Waals surface area contributed by atoms with Crippen LogP contribution in [0.15, 0.2) is 24.3 Å². The van der Waals surface area contributed by atoms with Crippen LogP contribution in [0.5, 0.6) is 0 Å². The van der Waals surface area contributed by atoms with Crippen LogP contribution >= 0.6 is 0 Å². The van der Waals surface area contributed by atoms with E-state index in [-0.39, 0.29) is 18.7 Å². The number of amides is 1. The Morgan fingerprint density at radius 2 is 2.20 bits per heavy atom. The molecule has 0 aliphatic carbocycles. The molecule has 3 N–H and O–H groups in total. The molecule has 1 aromatic carbocycles. The Hall–Kier alpha value is -1.39. The number of rotatable bonds is 3. The van der Waals surface area contributed by atoms with E-state index in [4.69, 9.17) is 5.11 Å². The molecule has 15 heavy (non-hydrogen) atoms. The van der Waals surface area contributed by atoms with Crippen molar-refractivity contribution in [2.45, 2.75) is 12.6 Å². The topological polar surface area (TPSA) is 61.4 Å². The van der Waals surface area contributed by atoms with E-state index in [1.165, 1.54) is 0 Å². The number of aliphatic hydroxyl groups is 1. The van der Waals surface area contributed by atoms with Crippen molar-refractivity contribution in [1.82, 2.24) is 10.6 Å². The van der Waals surface area contributed by atoms with Crippen molar-refractivity contribution in [2.24, 2.45) is 0 Å². The Balaban J connectivity index is 2.22. The second kappa shape index (κ2) is 4.42. The lowest BCUT2D eigenvalue weighted by Gasteiger charge is -2.15. The van der Waals surface area contributed by atoms with E-state index in [9.17, 15) is 4.79 Å². The van der Waals surface area contributed by atoms with Gasteiger partial charge in [0.2, 0.25) is 5.91 Å². The quantitative estimate of drug-likeness (QED) is 0.649. The van der Waals surface area contributed by atoms with E-state index >= 15 is 0 Å². The lowest BCUT2D eigenvalue weighted by molar-refractivity contribution is -0.118. The Morgan fingerprint density at radius 3 is 2.87 bits per heavy atom. The molecule has 0 bridgehead atoms. The molecule has 2 rings (SSSR count). The van der Waals surface area contributed by atoms with Crippen molar-refractivity contribution >= 4 is 5.91 Å². The van der Waals surface area contributed by atoms with Crippen LogP contribution in [0.25, 0.3) is 0 Å². The molecule has 1 aliphatic heterocycles. The molecule has 80 valence electrons. The zero-order chi connectivity index (χ0) is 10.7. The van der Waals surface area contributed by atoms with Crippen molar-refractivity contribution in [1.29, 1.82) is 0 Å². The Morgan fingerprint density at radius 1 is 1.40 bits per heavy atom. The highest BCUT2D eigenvalue weighted by molar-refractivity contribution is 5.80. The monoisotopic (exact) mass is 206 g/mol. The number of carbonyl (C=O) groups excluding carboxylic acids is 1. The first-order chi connectivity index (χ1) is 7.31. The van der Waals surface area contributed by atoms with Gasteiger partial charge in [0.15, 0.2) is 0 Å². The van der Waals surface area contributed by atoms with E-state index < -0.39 is 0 Å². The van der Waals surface area contributed by atoms with Crippen LogP contribution in [-0.2, 0) is 11.2 Å². The lowest BCUT2D eigenvalue weighted by atomic mass is 10.0. The first-order valence-corrected chi connectivity index (χ1v) is 5.02. The number of aliphatic hydroxyl groups excluding tert-OH is 1. The fraction of sp³-hybridized carbons (Fsp3) is 0.364. The van der Waals surface area contributed by atoms with Crippen molar-refractivity contribution in [2.75, 3.05) is 13.2 Å². The molecule has 1 fully saturated rings. The number of benzene rings is 1. The van der Waals surface area contributed by atoms with Gasteiger partial charge in [0.05, 0.1) is 6.54 Å². The zero-order valence-corrected chi connectivity index (χ0v) is 8.36.